The number of hydrogen-bond donors (Lipinski definition) is 1. The molecule has 1 aliphatic carbocycles. The van der Waals surface area contributed by atoms with E-state index in [1.165, 1.54) is 24.0 Å². The summed E-state index contributed by atoms with van der Waals surface area (Å²) >= 11 is 0. The van der Waals surface area contributed by atoms with Gasteiger partial charge in [-0.1, -0.05) is 45.8 Å². The molecule has 3 rings (SSSR count). The number of aromatic nitrogens is 2. The first-order valence-electron chi connectivity index (χ1n) is 10.7. The van der Waals surface area contributed by atoms with Crippen molar-refractivity contribution in [3.8, 4) is 17.0 Å². The number of unbranched alkanes of at least 4 members (excludes halogenated alkanes) is 2. The van der Waals surface area contributed by atoms with E-state index < -0.39 is 0 Å². The molecule has 2 aromatic rings. The van der Waals surface area contributed by atoms with Gasteiger partial charge in [0.25, 0.3) is 0 Å². The maximum absolute atomic E-state index is 5.75. The van der Waals surface area contributed by atoms with Crippen LogP contribution in [0.25, 0.3) is 17.3 Å². The number of aryl methyl sites for hydroxylation is 3. The Bertz CT molecular complexity index is 842. The highest BCUT2D eigenvalue weighted by atomic mass is 16.5. The quantitative estimate of drug-likeness (QED) is 0.556. The van der Waals surface area contributed by atoms with E-state index in [9.17, 15) is 0 Å². The van der Waals surface area contributed by atoms with Crippen LogP contribution >= 0.6 is 0 Å². The van der Waals surface area contributed by atoms with Crippen molar-refractivity contribution >= 4 is 11.9 Å². The summed E-state index contributed by atoms with van der Waals surface area (Å²) < 4.78 is 5.75. The summed E-state index contributed by atoms with van der Waals surface area (Å²) in [4.78, 5) is 10.0. The number of fused-ring (bicyclic) bond motifs is 1. The summed E-state index contributed by atoms with van der Waals surface area (Å²) in [6.45, 7) is 7.46. The maximum atomic E-state index is 5.75. The molecular formula is C24H33N3O. The molecule has 0 spiro atoms. The highest BCUT2D eigenvalue weighted by molar-refractivity contribution is 5.75. The molecule has 28 heavy (non-hydrogen) atoms. The van der Waals surface area contributed by atoms with E-state index >= 15 is 0 Å². The van der Waals surface area contributed by atoms with E-state index in [1.807, 2.05) is 0 Å². The first-order chi connectivity index (χ1) is 13.7. The van der Waals surface area contributed by atoms with Gasteiger partial charge in [-0.2, -0.15) is 0 Å². The lowest BCUT2D eigenvalue weighted by atomic mass is 9.93. The van der Waals surface area contributed by atoms with E-state index in [1.54, 1.807) is 7.11 Å². The topological polar surface area (TPSA) is 47.0 Å². The van der Waals surface area contributed by atoms with Crippen LogP contribution in [0, 0.1) is 0 Å². The zero-order valence-electron chi connectivity index (χ0n) is 17.8. The number of nitrogens with zero attached hydrogens (tertiary/aromatic N) is 2. The lowest BCUT2D eigenvalue weighted by molar-refractivity contribution is 0.415. The van der Waals surface area contributed by atoms with Gasteiger partial charge in [0, 0.05) is 12.1 Å². The molecule has 0 saturated carbocycles. The third-order valence-electron chi connectivity index (χ3n) is 5.38. The van der Waals surface area contributed by atoms with Crippen molar-refractivity contribution in [1.82, 2.24) is 9.97 Å². The Morgan fingerprint density at radius 3 is 2.57 bits per heavy atom. The Hall–Kier alpha value is -2.36. The van der Waals surface area contributed by atoms with Crippen molar-refractivity contribution in [3.63, 3.8) is 0 Å². The minimum atomic E-state index is 0.839. The van der Waals surface area contributed by atoms with Gasteiger partial charge in [0.1, 0.15) is 11.6 Å². The van der Waals surface area contributed by atoms with E-state index in [0.29, 0.717) is 0 Å². The van der Waals surface area contributed by atoms with Crippen molar-refractivity contribution < 1.29 is 4.74 Å². The Balaban J connectivity index is 2.03. The van der Waals surface area contributed by atoms with Crippen LogP contribution in [-0.2, 0) is 19.3 Å². The first-order valence-corrected chi connectivity index (χ1v) is 10.7. The minimum Gasteiger partial charge on any atom is -0.496 e. The predicted molar refractivity (Wildman–Crippen MR) is 118 cm³/mol. The molecule has 1 heterocycles. The number of benzene rings is 1. The Morgan fingerprint density at radius 1 is 1.04 bits per heavy atom. The third kappa shape index (κ3) is 4.37. The molecule has 4 nitrogen and oxygen atoms in total. The van der Waals surface area contributed by atoms with Gasteiger partial charge < -0.3 is 10.1 Å². The van der Waals surface area contributed by atoms with Crippen molar-refractivity contribution in [2.24, 2.45) is 0 Å². The number of nitrogens with one attached hydrogen (secondary N) is 1. The van der Waals surface area contributed by atoms with Crippen LogP contribution < -0.4 is 10.1 Å². The molecule has 1 aromatic heterocycles. The van der Waals surface area contributed by atoms with Crippen LogP contribution in [0.2, 0.25) is 0 Å². The lowest BCUT2D eigenvalue weighted by Crippen LogP contribution is -2.11. The van der Waals surface area contributed by atoms with Gasteiger partial charge >= 0.3 is 0 Å². The van der Waals surface area contributed by atoms with E-state index in [4.69, 9.17) is 14.7 Å². The fourth-order valence-electron chi connectivity index (χ4n) is 3.75. The zero-order chi connectivity index (χ0) is 19.9. The van der Waals surface area contributed by atoms with Gasteiger partial charge in [-0.15, -0.1) is 0 Å². The third-order valence-corrected chi connectivity index (χ3v) is 5.38. The van der Waals surface area contributed by atoms with Gasteiger partial charge in [0.2, 0.25) is 0 Å². The monoisotopic (exact) mass is 379 g/mol. The van der Waals surface area contributed by atoms with Crippen LogP contribution in [0.3, 0.4) is 0 Å². The molecule has 0 amide bonds. The molecule has 0 radical (unpaired) electrons. The molecule has 0 unspecified atom stereocenters. The molecule has 4 heteroatoms. The Kier molecular flexibility index (Phi) is 7.07. The summed E-state index contributed by atoms with van der Waals surface area (Å²) in [6.07, 6.45) is 11.9. The van der Waals surface area contributed by atoms with Crippen LogP contribution in [0.5, 0.6) is 5.75 Å². The summed E-state index contributed by atoms with van der Waals surface area (Å²) in [6, 6.07) is 4.40. The predicted octanol–water partition coefficient (Wildman–Crippen LogP) is 5.84. The number of anilines is 1. The Morgan fingerprint density at radius 2 is 1.86 bits per heavy atom. The first kappa shape index (κ1) is 20.4. The van der Waals surface area contributed by atoms with Crippen LogP contribution in [0.4, 0.5) is 5.82 Å². The standard InChI is InChI=1S/C24H33N3O/c1-5-8-11-14-25-24-21(7-3)26-23(20(6-2)27-24)19-15-17-12-9-10-13-18(17)16-22(19)28-4/h9,12,15-16H,5-8,10-11,13-14H2,1-4H3,(H,25,27). The minimum absolute atomic E-state index is 0.839. The normalized spacial score (nSPS) is 12.7. The van der Waals surface area contributed by atoms with Crippen molar-refractivity contribution in [1.29, 1.82) is 0 Å². The molecule has 0 saturated heterocycles. The van der Waals surface area contributed by atoms with Gasteiger partial charge in [-0.3, -0.25) is 0 Å². The highest BCUT2D eigenvalue weighted by Crippen LogP contribution is 2.36. The smallest absolute Gasteiger partial charge is 0.148 e. The summed E-state index contributed by atoms with van der Waals surface area (Å²) in [5.41, 5.74) is 6.67. The van der Waals surface area contributed by atoms with Gasteiger partial charge in [0.05, 0.1) is 24.2 Å². The molecule has 0 aliphatic heterocycles. The molecular weight excluding hydrogens is 346 g/mol. The number of methoxy groups -OCH3 is 1. The molecule has 1 aromatic carbocycles. The van der Waals surface area contributed by atoms with Gasteiger partial charge in [-0.25, -0.2) is 9.97 Å². The van der Waals surface area contributed by atoms with Crippen LogP contribution in [0.15, 0.2) is 18.2 Å². The molecule has 1 aliphatic rings. The van der Waals surface area contributed by atoms with Crippen LogP contribution in [0.1, 0.15) is 69.0 Å². The second-order valence-electron chi connectivity index (χ2n) is 7.35. The molecule has 1 N–H and O–H groups in total. The van der Waals surface area contributed by atoms with Gasteiger partial charge in [-0.05, 0) is 55.4 Å². The zero-order valence-corrected chi connectivity index (χ0v) is 17.8. The number of allylic oxidation sites excluding steroid dienone is 1. The highest BCUT2D eigenvalue weighted by Gasteiger charge is 2.19. The van der Waals surface area contributed by atoms with E-state index in [2.05, 4.69) is 50.4 Å². The number of hydrogen-bond acceptors (Lipinski definition) is 4. The van der Waals surface area contributed by atoms with E-state index in [-0.39, 0.29) is 0 Å². The van der Waals surface area contributed by atoms with Crippen molar-refractivity contribution in [2.75, 3.05) is 19.0 Å². The Labute approximate surface area is 169 Å². The number of rotatable bonds is 9. The second kappa shape index (κ2) is 9.72. The summed E-state index contributed by atoms with van der Waals surface area (Å²) in [7, 11) is 1.74. The largest absolute Gasteiger partial charge is 0.496 e. The van der Waals surface area contributed by atoms with Crippen LogP contribution in [-0.4, -0.2) is 23.6 Å². The fourth-order valence-corrected chi connectivity index (χ4v) is 3.75. The van der Waals surface area contributed by atoms with E-state index in [0.717, 1.165) is 72.9 Å². The SMILES string of the molecule is CCCCCNc1nc(CC)c(-c2cc3c(cc2OC)CCC=C3)nc1CC. The average molecular weight is 380 g/mol. The summed E-state index contributed by atoms with van der Waals surface area (Å²) in [5.74, 6) is 1.83. The maximum Gasteiger partial charge on any atom is 0.148 e. The summed E-state index contributed by atoms with van der Waals surface area (Å²) in [5, 5.41) is 3.51. The van der Waals surface area contributed by atoms with Gasteiger partial charge in [0.15, 0.2) is 0 Å². The molecule has 0 bridgehead atoms. The lowest BCUT2D eigenvalue weighted by Gasteiger charge is -2.19. The van der Waals surface area contributed by atoms with Crippen molar-refractivity contribution in [3.05, 3.63) is 40.7 Å². The average Bonchev–Trinajstić information content (AvgIpc) is 2.75. The second-order valence-corrected chi connectivity index (χ2v) is 7.35. The number of ether oxygens (including phenoxy) is 1. The molecule has 0 fully saturated rings. The van der Waals surface area contributed by atoms with Crippen molar-refractivity contribution in [2.45, 2.75) is 65.7 Å². The molecule has 150 valence electrons. The fraction of sp³-hybridized carbons (Fsp3) is 0.500. The molecule has 0 atom stereocenters.